The molecule has 0 saturated heterocycles. The van der Waals surface area contributed by atoms with E-state index in [4.69, 9.17) is 5.26 Å². The summed E-state index contributed by atoms with van der Waals surface area (Å²) in [6.45, 7) is 0. The van der Waals surface area contributed by atoms with E-state index in [0.29, 0.717) is 5.56 Å². The van der Waals surface area contributed by atoms with Crippen molar-refractivity contribution in [2.45, 2.75) is 6.42 Å². The van der Waals surface area contributed by atoms with Crippen LogP contribution < -0.4 is 5.43 Å². The molecule has 4 heteroatoms. The van der Waals surface area contributed by atoms with Crippen LogP contribution in [0.3, 0.4) is 0 Å². The van der Waals surface area contributed by atoms with Gasteiger partial charge in [-0.1, -0.05) is 54.6 Å². The standard InChI is InChI=1S/C20H15N3O/c21-13-15-8-10-16(11-9-15)14-22-23-20(24)12-18-6-3-5-17-4-1-2-7-19(17)18/h1-11,14H,12H2,(H,23,24). The highest BCUT2D eigenvalue weighted by Crippen LogP contribution is 2.18. The number of nitriles is 1. The molecule has 0 unspecified atom stereocenters. The number of nitrogens with zero attached hydrogens (tertiary/aromatic N) is 2. The van der Waals surface area contributed by atoms with Gasteiger partial charge in [0, 0.05) is 0 Å². The summed E-state index contributed by atoms with van der Waals surface area (Å²) in [5.74, 6) is -0.170. The van der Waals surface area contributed by atoms with E-state index in [1.807, 2.05) is 42.5 Å². The number of amides is 1. The molecule has 0 saturated carbocycles. The Bertz CT molecular complexity index is 932. The third-order valence-corrected chi connectivity index (χ3v) is 3.67. The number of rotatable bonds is 4. The second-order valence-electron chi connectivity index (χ2n) is 5.34. The minimum absolute atomic E-state index is 0.170. The number of nitrogens with one attached hydrogen (secondary N) is 1. The first-order valence-corrected chi connectivity index (χ1v) is 7.55. The van der Waals surface area contributed by atoms with Gasteiger partial charge in [-0.3, -0.25) is 4.79 Å². The van der Waals surface area contributed by atoms with Gasteiger partial charge < -0.3 is 0 Å². The Balaban J connectivity index is 1.64. The van der Waals surface area contributed by atoms with Gasteiger partial charge in [-0.2, -0.15) is 10.4 Å². The van der Waals surface area contributed by atoms with Crippen molar-refractivity contribution in [3.8, 4) is 6.07 Å². The summed E-state index contributed by atoms with van der Waals surface area (Å²) in [6.07, 6.45) is 1.83. The van der Waals surface area contributed by atoms with E-state index in [-0.39, 0.29) is 12.3 Å². The first-order chi connectivity index (χ1) is 11.8. The van der Waals surface area contributed by atoms with Crippen LogP contribution in [0.25, 0.3) is 10.8 Å². The van der Waals surface area contributed by atoms with Crippen molar-refractivity contribution in [2.24, 2.45) is 5.10 Å². The largest absolute Gasteiger partial charge is 0.273 e. The number of hydrazone groups is 1. The molecule has 0 aliphatic rings. The van der Waals surface area contributed by atoms with E-state index < -0.39 is 0 Å². The Labute approximate surface area is 140 Å². The second kappa shape index (κ2) is 7.21. The van der Waals surface area contributed by atoms with Crippen LogP contribution in [0.5, 0.6) is 0 Å². The molecule has 1 amide bonds. The lowest BCUT2D eigenvalue weighted by atomic mass is 10.0. The van der Waals surface area contributed by atoms with Crippen LogP contribution >= 0.6 is 0 Å². The predicted octanol–water partition coefficient (Wildman–Crippen LogP) is 3.40. The fraction of sp³-hybridized carbons (Fsp3) is 0.0500. The molecule has 0 fully saturated rings. The van der Waals surface area contributed by atoms with Crippen LogP contribution in [-0.4, -0.2) is 12.1 Å². The minimum atomic E-state index is -0.170. The van der Waals surface area contributed by atoms with Gasteiger partial charge in [-0.05, 0) is 34.0 Å². The van der Waals surface area contributed by atoms with Gasteiger partial charge in [0.1, 0.15) is 0 Å². The molecular weight excluding hydrogens is 298 g/mol. The number of carbonyl (C=O) groups is 1. The van der Waals surface area contributed by atoms with Crippen LogP contribution in [0.15, 0.2) is 71.8 Å². The summed E-state index contributed by atoms with van der Waals surface area (Å²) >= 11 is 0. The lowest BCUT2D eigenvalue weighted by Crippen LogP contribution is -2.19. The molecule has 0 radical (unpaired) electrons. The van der Waals surface area contributed by atoms with Crippen molar-refractivity contribution < 1.29 is 4.79 Å². The zero-order valence-electron chi connectivity index (χ0n) is 12.9. The van der Waals surface area contributed by atoms with E-state index in [1.165, 1.54) is 0 Å². The smallest absolute Gasteiger partial charge is 0.244 e. The number of benzene rings is 3. The maximum Gasteiger partial charge on any atom is 0.244 e. The van der Waals surface area contributed by atoms with Gasteiger partial charge in [0.05, 0.1) is 24.3 Å². The van der Waals surface area contributed by atoms with E-state index in [2.05, 4.69) is 16.6 Å². The molecule has 1 N–H and O–H groups in total. The monoisotopic (exact) mass is 313 g/mol. The van der Waals surface area contributed by atoms with Crippen molar-refractivity contribution >= 4 is 22.9 Å². The molecule has 0 spiro atoms. The molecule has 0 aromatic heterocycles. The Morgan fingerprint density at radius 1 is 1.04 bits per heavy atom. The Morgan fingerprint density at radius 3 is 2.58 bits per heavy atom. The Hall–Kier alpha value is -3.45. The van der Waals surface area contributed by atoms with E-state index in [0.717, 1.165) is 21.9 Å². The Kier molecular flexibility index (Phi) is 4.64. The molecule has 4 nitrogen and oxygen atoms in total. The van der Waals surface area contributed by atoms with Gasteiger partial charge in [-0.25, -0.2) is 5.43 Å². The van der Waals surface area contributed by atoms with Gasteiger partial charge in [0.15, 0.2) is 0 Å². The molecule has 24 heavy (non-hydrogen) atoms. The third kappa shape index (κ3) is 3.65. The topological polar surface area (TPSA) is 65.2 Å². The van der Waals surface area contributed by atoms with E-state index in [9.17, 15) is 4.79 Å². The first kappa shape index (κ1) is 15.4. The molecular formula is C20H15N3O. The predicted molar refractivity (Wildman–Crippen MR) is 94.5 cm³/mol. The van der Waals surface area contributed by atoms with Crippen LogP contribution in [0.4, 0.5) is 0 Å². The fourth-order valence-electron chi connectivity index (χ4n) is 2.48. The van der Waals surface area contributed by atoms with E-state index in [1.54, 1.807) is 30.5 Å². The van der Waals surface area contributed by atoms with Crippen LogP contribution in [0, 0.1) is 11.3 Å². The highest BCUT2D eigenvalue weighted by Gasteiger charge is 2.05. The molecule has 0 atom stereocenters. The summed E-state index contributed by atoms with van der Waals surface area (Å²) in [4.78, 5) is 12.1. The first-order valence-electron chi connectivity index (χ1n) is 7.55. The van der Waals surface area contributed by atoms with Crippen molar-refractivity contribution in [3.05, 3.63) is 83.4 Å². The normalized spacial score (nSPS) is 10.6. The van der Waals surface area contributed by atoms with Crippen LogP contribution in [0.2, 0.25) is 0 Å². The summed E-state index contributed by atoms with van der Waals surface area (Å²) in [7, 11) is 0. The molecule has 3 rings (SSSR count). The van der Waals surface area contributed by atoms with E-state index >= 15 is 0 Å². The average molecular weight is 313 g/mol. The molecule has 0 bridgehead atoms. The fourth-order valence-corrected chi connectivity index (χ4v) is 2.48. The SMILES string of the molecule is N#Cc1ccc(C=NNC(=O)Cc2cccc3ccccc23)cc1. The molecule has 0 aliphatic carbocycles. The van der Waals surface area contributed by atoms with Crippen molar-refractivity contribution in [1.82, 2.24) is 5.43 Å². The van der Waals surface area contributed by atoms with Gasteiger partial charge in [0.2, 0.25) is 5.91 Å². The highest BCUT2D eigenvalue weighted by molar-refractivity contribution is 5.90. The van der Waals surface area contributed by atoms with Crippen LogP contribution in [0.1, 0.15) is 16.7 Å². The van der Waals surface area contributed by atoms with Gasteiger partial charge in [-0.15, -0.1) is 0 Å². The number of carbonyl (C=O) groups excluding carboxylic acids is 1. The van der Waals surface area contributed by atoms with Gasteiger partial charge >= 0.3 is 0 Å². The van der Waals surface area contributed by atoms with Crippen LogP contribution in [-0.2, 0) is 11.2 Å². The highest BCUT2D eigenvalue weighted by atomic mass is 16.2. The molecule has 3 aromatic rings. The third-order valence-electron chi connectivity index (χ3n) is 3.67. The number of hydrogen-bond donors (Lipinski definition) is 1. The zero-order valence-corrected chi connectivity index (χ0v) is 12.9. The molecule has 116 valence electrons. The van der Waals surface area contributed by atoms with Crippen molar-refractivity contribution in [1.29, 1.82) is 5.26 Å². The lowest BCUT2D eigenvalue weighted by molar-refractivity contribution is -0.120. The minimum Gasteiger partial charge on any atom is -0.273 e. The summed E-state index contributed by atoms with van der Waals surface area (Å²) in [6, 6.07) is 22.9. The summed E-state index contributed by atoms with van der Waals surface area (Å²) < 4.78 is 0. The molecule has 0 aliphatic heterocycles. The average Bonchev–Trinajstić information content (AvgIpc) is 2.63. The number of fused-ring (bicyclic) bond motifs is 1. The van der Waals surface area contributed by atoms with Gasteiger partial charge in [0.25, 0.3) is 0 Å². The summed E-state index contributed by atoms with van der Waals surface area (Å²) in [5.41, 5.74) is 4.92. The quantitative estimate of drug-likeness (QED) is 0.592. The Morgan fingerprint density at radius 2 is 1.79 bits per heavy atom. The maximum absolute atomic E-state index is 12.1. The molecule has 0 heterocycles. The lowest BCUT2D eigenvalue weighted by Gasteiger charge is -2.05. The van der Waals surface area contributed by atoms with Crippen molar-refractivity contribution in [2.75, 3.05) is 0 Å². The van der Waals surface area contributed by atoms with Crippen molar-refractivity contribution in [3.63, 3.8) is 0 Å². The second-order valence-corrected chi connectivity index (χ2v) is 5.34. The zero-order chi connectivity index (χ0) is 16.8. The summed E-state index contributed by atoms with van der Waals surface area (Å²) in [5, 5.41) is 14.9. The maximum atomic E-state index is 12.1. The molecule has 3 aromatic carbocycles. The number of hydrogen-bond acceptors (Lipinski definition) is 3.